The first-order valence-corrected chi connectivity index (χ1v) is 9.00. The van der Waals surface area contributed by atoms with Gasteiger partial charge >= 0.3 is 6.03 Å². The molecule has 3 aromatic rings. The summed E-state index contributed by atoms with van der Waals surface area (Å²) >= 11 is 7.45. The van der Waals surface area contributed by atoms with E-state index >= 15 is 0 Å². The first-order chi connectivity index (χ1) is 12.6. The second kappa shape index (κ2) is 8.54. The van der Waals surface area contributed by atoms with Crippen molar-refractivity contribution >= 4 is 34.9 Å². The molecule has 1 aromatic carbocycles. The van der Waals surface area contributed by atoms with E-state index in [0.717, 1.165) is 15.2 Å². The number of amides is 3. The van der Waals surface area contributed by atoms with Gasteiger partial charge in [-0.25, -0.2) is 4.79 Å². The summed E-state index contributed by atoms with van der Waals surface area (Å²) in [5.74, 6) is -0.159. The predicted molar refractivity (Wildman–Crippen MR) is 97.8 cm³/mol. The van der Waals surface area contributed by atoms with Crippen LogP contribution in [0.25, 0.3) is 11.4 Å². The molecule has 0 saturated heterocycles. The van der Waals surface area contributed by atoms with Crippen LogP contribution in [-0.4, -0.2) is 38.7 Å². The summed E-state index contributed by atoms with van der Waals surface area (Å²) < 4.78 is 0. The summed E-state index contributed by atoms with van der Waals surface area (Å²) in [6, 6.07) is 10.3. The van der Waals surface area contributed by atoms with Gasteiger partial charge in [0.2, 0.25) is 5.82 Å². The van der Waals surface area contributed by atoms with E-state index in [2.05, 4.69) is 26.0 Å². The maximum atomic E-state index is 11.9. The van der Waals surface area contributed by atoms with Gasteiger partial charge in [-0.1, -0.05) is 17.7 Å². The van der Waals surface area contributed by atoms with E-state index in [4.69, 9.17) is 11.6 Å². The fourth-order valence-electron chi connectivity index (χ4n) is 2.12. The molecular weight excluding hydrogens is 376 g/mol. The third-order valence-corrected chi connectivity index (χ3v) is 4.52. The SMILES string of the molecule is O=C(Cn1nnc(-c2ccc(Cl)cc2)n1)NC(=O)NCCc1cccs1. The molecule has 0 spiro atoms. The predicted octanol–water partition coefficient (Wildman–Crippen LogP) is 2.12. The third-order valence-electron chi connectivity index (χ3n) is 3.33. The lowest BCUT2D eigenvalue weighted by Crippen LogP contribution is -2.41. The molecule has 0 aliphatic carbocycles. The van der Waals surface area contributed by atoms with Crippen molar-refractivity contribution in [3.63, 3.8) is 0 Å². The summed E-state index contributed by atoms with van der Waals surface area (Å²) in [7, 11) is 0. The summed E-state index contributed by atoms with van der Waals surface area (Å²) in [5.41, 5.74) is 0.729. The monoisotopic (exact) mass is 390 g/mol. The zero-order valence-corrected chi connectivity index (χ0v) is 15.1. The number of imide groups is 1. The Hall–Kier alpha value is -2.78. The molecule has 0 fully saturated rings. The Morgan fingerprint density at radius 1 is 1.19 bits per heavy atom. The van der Waals surface area contributed by atoms with Gasteiger partial charge in [-0.2, -0.15) is 4.80 Å². The molecule has 26 heavy (non-hydrogen) atoms. The van der Waals surface area contributed by atoms with Crippen molar-refractivity contribution in [2.24, 2.45) is 0 Å². The number of halogens is 1. The van der Waals surface area contributed by atoms with Crippen molar-refractivity contribution in [2.45, 2.75) is 13.0 Å². The highest BCUT2D eigenvalue weighted by atomic mass is 35.5. The van der Waals surface area contributed by atoms with E-state index in [1.807, 2.05) is 17.5 Å². The van der Waals surface area contributed by atoms with Crippen LogP contribution in [0.15, 0.2) is 41.8 Å². The van der Waals surface area contributed by atoms with E-state index in [0.29, 0.717) is 23.8 Å². The number of benzene rings is 1. The van der Waals surface area contributed by atoms with Gasteiger partial charge in [-0.3, -0.25) is 10.1 Å². The summed E-state index contributed by atoms with van der Waals surface area (Å²) in [4.78, 5) is 25.9. The Morgan fingerprint density at radius 3 is 2.73 bits per heavy atom. The molecule has 2 aromatic heterocycles. The number of rotatable bonds is 6. The zero-order chi connectivity index (χ0) is 18.4. The Labute approximate surface area is 158 Å². The molecule has 0 saturated carbocycles. The Balaban J connectivity index is 1.45. The van der Waals surface area contributed by atoms with E-state index in [1.54, 1.807) is 35.6 Å². The topological polar surface area (TPSA) is 102 Å². The van der Waals surface area contributed by atoms with E-state index < -0.39 is 11.9 Å². The van der Waals surface area contributed by atoms with Crippen molar-refractivity contribution < 1.29 is 9.59 Å². The van der Waals surface area contributed by atoms with E-state index in [1.165, 1.54) is 0 Å². The Bertz CT molecular complexity index is 879. The minimum atomic E-state index is -0.551. The molecule has 3 amide bonds. The van der Waals surface area contributed by atoms with Crippen LogP contribution in [0.5, 0.6) is 0 Å². The highest BCUT2D eigenvalue weighted by Crippen LogP contribution is 2.16. The number of thiophene rings is 1. The first kappa shape index (κ1) is 18.0. The molecule has 2 N–H and O–H groups in total. The van der Waals surface area contributed by atoms with Gasteiger partial charge in [0, 0.05) is 22.0 Å². The number of hydrogen-bond acceptors (Lipinski definition) is 6. The average Bonchev–Trinajstić information content (AvgIpc) is 3.27. The molecule has 3 rings (SSSR count). The number of hydrogen-bond donors (Lipinski definition) is 2. The van der Waals surface area contributed by atoms with Gasteiger partial charge < -0.3 is 5.32 Å². The molecule has 0 aliphatic rings. The highest BCUT2D eigenvalue weighted by molar-refractivity contribution is 7.09. The lowest BCUT2D eigenvalue weighted by atomic mass is 10.2. The standard InChI is InChI=1S/C16H15ClN6O2S/c17-12-5-3-11(4-6-12)15-20-22-23(21-15)10-14(24)19-16(25)18-8-7-13-2-1-9-26-13/h1-6,9H,7-8,10H2,(H2,18,19,24,25). The number of tetrazole rings is 1. The Morgan fingerprint density at radius 2 is 2.00 bits per heavy atom. The molecule has 0 unspecified atom stereocenters. The van der Waals surface area contributed by atoms with Crippen LogP contribution in [0.3, 0.4) is 0 Å². The fourth-order valence-corrected chi connectivity index (χ4v) is 2.95. The van der Waals surface area contributed by atoms with Gasteiger partial charge in [-0.05, 0) is 47.3 Å². The lowest BCUT2D eigenvalue weighted by molar-refractivity contribution is -0.121. The van der Waals surface area contributed by atoms with Crippen LogP contribution in [0.4, 0.5) is 4.79 Å². The van der Waals surface area contributed by atoms with Crippen molar-refractivity contribution in [3.05, 3.63) is 51.7 Å². The van der Waals surface area contributed by atoms with Gasteiger partial charge in [0.05, 0.1) is 0 Å². The quantitative estimate of drug-likeness (QED) is 0.671. The van der Waals surface area contributed by atoms with Crippen LogP contribution >= 0.6 is 22.9 Å². The van der Waals surface area contributed by atoms with E-state index in [9.17, 15) is 9.59 Å². The van der Waals surface area contributed by atoms with Gasteiger partial charge in [-0.15, -0.1) is 21.5 Å². The maximum absolute atomic E-state index is 11.9. The molecule has 0 radical (unpaired) electrons. The van der Waals surface area contributed by atoms with Crippen molar-refractivity contribution in [1.29, 1.82) is 0 Å². The van der Waals surface area contributed by atoms with Crippen LogP contribution < -0.4 is 10.6 Å². The summed E-state index contributed by atoms with van der Waals surface area (Å²) in [5, 5.41) is 19.3. The van der Waals surface area contributed by atoms with Gasteiger partial charge in [0.1, 0.15) is 6.54 Å². The fraction of sp³-hybridized carbons (Fsp3) is 0.188. The Kier molecular flexibility index (Phi) is 5.92. The molecule has 134 valence electrons. The van der Waals surface area contributed by atoms with Crippen LogP contribution in [0.1, 0.15) is 4.88 Å². The number of nitrogens with one attached hydrogen (secondary N) is 2. The second-order valence-corrected chi connectivity index (χ2v) is 6.75. The van der Waals surface area contributed by atoms with Crippen molar-refractivity contribution in [1.82, 2.24) is 30.8 Å². The second-order valence-electron chi connectivity index (χ2n) is 5.28. The van der Waals surface area contributed by atoms with Crippen LogP contribution in [0.2, 0.25) is 5.02 Å². The largest absolute Gasteiger partial charge is 0.337 e. The average molecular weight is 391 g/mol. The number of carbonyl (C=O) groups excluding carboxylic acids is 2. The van der Waals surface area contributed by atoms with Gasteiger partial charge in [0.25, 0.3) is 5.91 Å². The van der Waals surface area contributed by atoms with E-state index in [-0.39, 0.29) is 6.54 Å². The summed E-state index contributed by atoms with van der Waals surface area (Å²) in [6.45, 7) is 0.237. The number of urea groups is 1. The summed E-state index contributed by atoms with van der Waals surface area (Å²) in [6.07, 6.45) is 0.717. The van der Waals surface area contributed by atoms with Crippen LogP contribution in [-0.2, 0) is 17.8 Å². The lowest BCUT2D eigenvalue weighted by Gasteiger charge is -2.05. The minimum Gasteiger partial charge on any atom is -0.337 e. The maximum Gasteiger partial charge on any atom is 0.321 e. The highest BCUT2D eigenvalue weighted by Gasteiger charge is 2.12. The molecule has 2 heterocycles. The van der Waals surface area contributed by atoms with Crippen molar-refractivity contribution in [3.8, 4) is 11.4 Å². The minimum absolute atomic E-state index is 0.209. The number of carbonyl (C=O) groups is 2. The third kappa shape index (κ3) is 5.11. The first-order valence-electron chi connectivity index (χ1n) is 7.74. The number of nitrogens with zero attached hydrogens (tertiary/aromatic N) is 4. The molecule has 0 aliphatic heterocycles. The zero-order valence-electron chi connectivity index (χ0n) is 13.6. The normalized spacial score (nSPS) is 10.5. The number of aromatic nitrogens is 4. The van der Waals surface area contributed by atoms with Crippen molar-refractivity contribution in [2.75, 3.05) is 6.54 Å². The molecule has 0 atom stereocenters. The molecule has 8 nitrogen and oxygen atoms in total. The molecule has 10 heteroatoms. The molecular formula is C16H15ClN6O2S. The van der Waals surface area contributed by atoms with Crippen LogP contribution in [0, 0.1) is 0 Å². The van der Waals surface area contributed by atoms with Gasteiger partial charge in [0.15, 0.2) is 0 Å². The smallest absolute Gasteiger partial charge is 0.321 e. The molecule has 0 bridgehead atoms.